The highest BCUT2D eigenvalue weighted by Gasteiger charge is 2.08. The summed E-state index contributed by atoms with van der Waals surface area (Å²) < 4.78 is 0. The predicted octanol–water partition coefficient (Wildman–Crippen LogP) is 5.78. The second-order valence-electron chi connectivity index (χ2n) is 4.85. The Balaban J connectivity index is 2.06. The molecule has 0 heterocycles. The van der Waals surface area contributed by atoms with Crippen molar-refractivity contribution in [3.8, 4) is 0 Å². The molecule has 0 aliphatic heterocycles. The van der Waals surface area contributed by atoms with Crippen LogP contribution < -0.4 is 5.32 Å². The second kappa shape index (κ2) is 7.68. The Morgan fingerprint density at radius 1 is 1.13 bits per heavy atom. The molecule has 1 N–H and O–H groups in total. The van der Waals surface area contributed by atoms with Crippen LogP contribution in [0.5, 0.6) is 0 Å². The van der Waals surface area contributed by atoms with E-state index in [9.17, 15) is 4.79 Å². The van der Waals surface area contributed by atoms with Crippen molar-refractivity contribution in [2.45, 2.75) is 6.92 Å². The fraction of sp³-hybridized carbons (Fsp3) is 0.125. The molecule has 0 aliphatic rings. The van der Waals surface area contributed by atoms with E-state index in [4.69, 9.17) is 34.8 Å². The SMILES string of the molecule is Cc1ccc(NC(=O)N(C)C=Nc2cc(Cl)ccc2Cl)cc1Cl. The quantitative estimate of drug-likeness (QED) is 0.540. The van der Waals surface area contributed by atoms with Gasteiger partial charge in [0.25, 0.3) is 0 Å². The number of anilines is 1. The molecule has 2 amide bonds. The van der Waals surface area contributed by atoms with Crippen molar-refractivity contribution in [1.29, 1.82) is 0 Å². The average molecular weight is 371 g/mol. The Bertz CT molecular complexity index is 762. The van der Waals surface area contributed by atoms with E-state index in [1.807, 2.05) is 13.0 Å². The van der Waals surface area contributed by atoms with E-state index in [0.717, 1.165) is 5.56 Å². The van der Waals surface area contributed by atoms with E-state index in [1.165, 1.54) is 11.2 Å². The Kier molecular flexibility index (Phi) is 5.88. The Morgan fingerprint density at radius 3 is 2.57 bits per heavy atom. The van der Waals surface area contributed by atoms with E-state index >= 15 is 0 Å². The highest BCUT2D eigenvalue weighted by Crippen LogP contribution is 2.27. The van der Waals surface area contributed by atoms with Crippen molar-refractivity contribution in [3.63, 3.8) is 0 Å². The summed E-state index contributed by atoms with van der Waals surface area (Å²) in [6.07, 6.45) is 1.36. The normalized spacial score (nSPS) is 10.8. The van der Waals surface area contributed by atoms with Gasteiger partial charge in [0.2, 0.25) is 0 Å². The molecular weight excluding hydrogens is 357 g/mol. The van der Waals surface area contributed by atoms with Gasteiger partial charge >= 0.3 is 6.03 Å². The van der Waals surface area contributed by atoms with Gasteiger partial charge in [-0.25, -0.2) is 9.79 Å². The number of carbonyl (C=O) groups is 1. The summed E-state index contributed by atoms with van der Waals surface area (Å²) in [6, 6.07) is 9.87. The number of halogens is 3. The largest absolute Gasteiger partial charge is 0.326 e. The maximum absolute atomic E-state index is 12.1. The van der Waals surface area contributed by atoms with Gasteiger partial charge in [-0.05, 0) is 42.8 Å². The molecule has 0 bridgehead atoms. The van der Waals surface area contributed by atoms with Crippen LogP contribution in [0.25, 0.3) is 0 Å². The van der Waals surface area contributed by atoms with E-state index < -0.39 is 0 Å². The van der Waals surface area contributed by atoms with Crippen molar-refractivity contribution < 1.29 is 4.79 Å². The van der Waals surface area contributed by atoms with Crippen LogP contribution in [0.3, 0.4) is 0 Å². The molecule has 120 valence electrons. The standard InChI is InChI=1S/C16H14Cl3N3O/c1-10-3-5-12(8-14(10)19)21-16(23)22(2)9-20-15-7-11(17)4-6-13(15)18/h3-9H,1-2H3,(H,21,23). The summed E-state index contributed by atoms with van der Waals surface area (Å²) in [5.41, 5.74) is 2.03. The number of rotatable bonds is 3. The topological polar surface area (TPSA) is 44.7 Å². The number of carbonyl (C=O) groups excluding carboxylic acids is 1. The summed E-state index contributed by atoms with van der Waals surface area (Å²) in [5.74, 6) is 0. The molecular formula is C16H14Cl3N3O. The highest BCUT2D eigenvalue weighted by molar-refractivity contribution is 6.35. The van der Waals surface area contributed by atoms with Gasteiger partial charge in [0.05, 0.1) is 17.0 Å². The van der Waals surface area contributed by atoms with Gasteiger partial charge < -0.3 is 5.32 Å². The van der Waals surface area contributed by atoms with Crippen molar-refractivity contribution >= 4 is 58.5 Å². The molecule has 2 rings (SSSR count). The number of nitrogens with zero attached hydrogens (tertiary/aromatic N) is 2. The van der Waals surface area contributed by atoms with Crippen LogP contribution in [0.1, 0.15) is 5.56 Å². The number of urea groups is 1. The molecule has 23 heavy (non-hydrogen) atoms. The Morgan fingerprint density at radius 2 is 1.87 bits per heavy atom. The summed E-state index contributed by atoms with van der Waals surface area (Å²) in [4.78, 5) is 17.6. The minimum atomic E-state index is -0.355. The van der Waals surface area contributed by atoms with E-state index in [1.54, 1.807) is 37.4 Å². The fourth-order valence-electron chi connectivity index (χ4n) is 1.67. The molecule has 2 aromatic carbocycles. The molecule has 0 atom stereocenters. The maximum atomic E-state index is 12.1. The van der Waals surface area contributed by atoms with E-state index in [-0.39, 0.29) is 6.03 Å². The van der Waals surface area contributed by atoms with Gasteiger partial charge in [-0.1, -0.05) is 40.9 Å². The number of amides is 2. The molecule has 0 aromatic heterocycles. The summed E-state index contributed by atoms with van der Waals surface area (Å²) in [6.45, 7) is 1.89. The number of aliphatic imine (C=N–C) groups is 1. The Labute approximate surface area is 149 Å². The van der Waals surface area contributed by atoms with Crippen molar-refractivity contribution in [2.24, 2.45) is 4.99 Å². The van der Waals surface area contributed by atoms with Gasteiger partial charge in [-0.15, -0.1) is 0 Å². The van der Waals surface area contributed by atoms with Crippen LogP contribution in [-0.2, 0) is 0 Å². The molecule has 0 unspecified atom stereocenters. The molecule has 0 saturated carbocycles. The lowest BCUT2D eigenvalue weighted by molar-refractivity contribution is 0.240. The number of hydrogen-bond donors (Lipinski definition) is 1. The van der Waals surface area contributed by atoms with Gasteiger partial charge in [-0.3, -0.25) is 4.90 Å². The number of hydrogen-bond acceptors (Lipinski definition) is 2. The van der Waals surface area contributed by atoms with Crippen LogP contribution >= 0.6 is 34.8 Å². The predicted molar refractivity (Wildman–Crippen MR) is 97.6 cm³/mol. The zero-order valence-corrected chi connectivity index (χ0v) is 14.7. The third-order valence-corrected chi connectivity index (χ3v) is 3.98. The second-order valence-corrected chi connectivity index (χ2v) is 6.10. The number of aryl methyl sites for hydroxylation is 1. The van der Waals surface area contributed by atoms with Crippen LogP contribution in [0.15, 0.2) is 41.4 Å². The first-order valence-corrected chi connectivity index (χ1v) is 7.79. The molecule has 0 radical (unpaired) electrons. The first-order valence-electron chi connectivity index (χ1n) is 6.66. The van der Waals surface area contributed by atoms with Gasteiger partial charge in [-0.2, -0.15) is 0 Å². The highest BCUT2D eigenvalue weighted by atomic mass is 35.5. The zero-order valence-electron chi connectivity index (χ0n) is 12.5. The van der Waals surface area contributed by atoms with Gasteiger partial charge in [0.1, 0.15) is 0 Å². The summed E-state index contributed by atoms with van der Waals surface area (Å²) >= 11 is 17.9. The first kappa shape index (κ1) is 17.6. The number of nitrogens with one attached hydrogen (secondary N) is 1. The van der Waals surface area contributed by atoms with E-state index in [0.29, 0.717) is 26.4 Å². The van der Waals surface area contributed by atoms with Gasteiger partial charge in [0, 0.05) is 22.8 Å². The first-order chi connectivity index (χ1) is 10.9. The van der Waals surface area contributed by atoms with Crippen molar-refractivity contribution in [3.05, 3.63) is 57.0 Å². The van der Waals surface area contributed by atoms with Crippen molar-refractivity contribution in [2.75, 3.05) is 12.4 Å². The molecule has 0 spiro atoms. The lowest BCUT2D eigenvalue weighted by Crippen LogP contribution is -2.30. The van der Waals surface area contributed by atoms with Crippen LogP contribution in [0.2, 0.25) is 15.1 Å². The van der Waals surface area contributed by atoms with Gasteiger partial charge in [0.15, 0.2) is 0 Å². The molecule has 7 heteroatoms. The van der Waals surface area contributed by atoms with Crippen molar-refractivity contribution in [1.82, 2.24) is 4.90 Å². The smallest absolute Gasteiger partial charge is 0.307 e. The van der Waals surface area contributed by atoms with Crippen LogP contribution in [0, 0.1) is 6.92 Å². The monoisotopic (exact) mass is 369 g/mol. The fourth-order valence-corrected chi connectivity index (χ4v) is 2.18. The molecule has 0 aliphatic carbocycles. The molecule has 2 aromatic rings. The lowest BCUT2D eigenvalue weighted by atomic mass is 10.2. The molecule has 0 fully saturated rings. The van der Waals surface area contributed by atoms with Crippen LogP contribution in [0.4, 0.5) is 16.2 Å². The molecule has 4 nitrogen and oxygen atoms in total. The lowest BCUT2D eigenvalue weighted by Gasteiger charge is -2.13. The third kappa shape index (κ3) is 4.86. The minimum absolute atomic E-state index is 0.355. The minimum Gasteiger partial charge on any atom is -0.307 e. The number of benzene rings is 2. The average Bonchev–Trinajstić information content (AvgIpc) is 2.51. The maximum Gasteiger partial charge on any atom is 0.326 e. The molecule has 0 saturated heterocycles. The zero-order chi connectivity index (χ0) is 17.0. The Hall–Kier alpha value is -1.75. The van der Waals surface area contributed by atoms with Crippen LogP contribution in [-0.4, -0.2) is 24.3 Å². The summed E-state index contributed by atoms with van der Waals surface area (Å²) in [7, 11) is 1.58. The third-order valence-electron chi connectivity index (χ3n) is 3.02. The van der Waals surface area contributed by atoms with E-state index in [2.05, 4.69) is 10.3 Å². The summed E-state index contributed by atoms with van der Waals surface area (Å²) in [5, 5.41) is 4.28.